The normalized spacial score (nSPS) is 13.1. The summed E-state index contributed by atoms with van der Waals surface area (Å²) >= 11 is 0. The van der Waals surface area contributed by atoms with Gasteiger partial charge in [-0.05, 0) is 32.4 Å². The first kappa shape index (κ1) is 13.5. The minimum absolute atomic E-state index is 0.891. The molecular formula is C14H21N. The average molecular weight is 203 g/mol. The summed E-state index contributed by atoms with van der Waals surface area (Å²) in [6, 6.07) is 0. The van der Waals surface area contributed by atoms with Crippen molar-refractivity contribution in [2.45, 2.75) is 27.2 Å². The van der Waals surface area contributed by atoms with Gasteiger partial charge in [0, 0.05) is 11.4 Å². The Labute approximate surface area is 93.6 Å². The second-order valence-corrected chi connectivity index (χ2v) is 3.09. The van der Waals surface area contributed by atoms with E-state index in [-0.39, 0.29) is 0 Å². The van der Waals surface area contributed by atoms with Crippen LogP contribution in [-0.2, 0) is 0 Å². The summed E-state index contributed by atoms with van der Waals surface area (Å²) < 4.78 is 0. The lowest BCUT2D eigenvalue weighted by molar-refractivity contribution is 1.04. The summed E-state index contributed by atoms with van der Waals surface area (Å²) in [5, 5.41) is 3.22. The smallest absolute Gasteiger partial charge is 0.0337 e. The quantitative estimate of drug-likeness (QED) is 0.641. The maximum absolute atomic E-state index is 3.92. The van der Waals surface area contributed by atoms with Gasteiger partial charge in [0.05, 0.1) is 0 Å². The molecule has 0 aliphatic carbocycles. The molecule has 1 N–H and O–H groups in total. The molecule has 0 radical (unpaired) electrons. The lowest BCUT2D eigenvalue weighted by Gasteiger charge is -2.05. The van der Waals surface area contributed by atoms with Crippen molar-refractivity contribution in [1.82, 2.24) is 5.32 Å². The molecule has 82 valence electrons. The molecule has 0 amide bonds. The molecule has 0 atom stereocenters. The first-order chi connectivity index (χ1) is 7.24. The topological polar surface area (TPSA) is 12.0 Å². The van der Waals surface area contributed by atoms with Gasteiger partial charge in [-0.25, -0.2) is 0 Å². The molecule has 0 saturated carbocycles. The highest BCUT2D eigenvalue weighted by Crippen LogP contribution is 1.98. The van der Waals surface area contributed by atoms with Crippen molar-refractivity contribution in [3.8, 4) is 0 Å². The predicted molar refractivity (Wildman–Crippen MR) is 69.4 cm³/mol. The van der Waals surface area contributed by atoms with E-state index >= 15 is 0 Å². The molecule has 1 nitrogen and oxygen atoms in total. The van der Waals surface area contributed by atoms with Gasteiger partial charge in [0.15, 0.2) is 0 Å². The summed E-state index contributed by atoms with van der Waals surface area (Å²) in [7, 11) is 0. The fourth-order valence-electron chi connectivity index (χ4n) is 0.965. The molecule has 0 spiro atoms. The van der Waals surface area contributed by atoms with Crippen LogP contribution in [0.4, 0.5) is 0 Å². The first-order valence-electron chi connectivity index (χ1n) is 5.32. The maximum Gasteiger partial charge on any atom is 0.0337 e. The van der Waals surface area contributed by atoms with Crippen LogP contribution >= 0.6 is 0 Å². The Morgan fingerprint density at radius 1 is 1.20 bits per heavy atom. The van der Waals surface area contributed by atoms with Gasteiger partial charge >= 0.3 is 0 Å². The SMILES string of the molecule is C=C(/C=C\C=C/C)NC(/C=C\CC)=C/C. The minimum atomic E-state index is 0.891. The molecular weight excluding hydrogens is 182 g/mol. The highest BCUT2D eigenvalue weighted by atomic mass is 14.9. The molecule has 0 aromatic rings. The summed E-state index contributed by atoms with van der Waals surface area (Å²) in [6.45, 7) is 10.0. The zero-order valence-corrected chi connectivity index (χ0v) is 9.96. The summed E-state index contributed by atoms with van der Waals surface area (Å²) in [5.74, 6) is 0. The van der Waals surface area contributed by atoms with Crippen LogP contribution in [0, 0.1) is 0 Å². The molecule has 1 heteroatoms. The highest BCUT2D eigenvalue weighted by Gasteiger charge is 1.89. The number of rotatable bonds is 6. The third kappa shape index (κ3) is 7.56. The largest absolute Gasteiger partial charge is 0.356 e. The third-order valence-electron chi connectivity index (χ3n) is 1.75. The fourth-order valence-corrected chi connectivity index (χ4v) is 0.965. The van der Waals surface area contributed by atoms with E-state index in [4.69, 9.17) is 0 Å². The number of nitrogens with one attached hydrogen (secondary N) is 1. The summed E-state index contributed by atoms with van der Waals surface area (Å²) in [6.07, 6.45) is 15.1. The van der Waals surface area contributed by atoms with Crippen molar-refractivity contribution in [2.75, 3.05) is 0 Å². The number of hydrogen-bond acceptors (Lipinski definition) is 1. The molecule has 0 aromatic carbocycles. The Balaban J connectivity index is 4.20. The monoisotopic (exact) mass is 203 g/mol. The maximum atomic E-state index is 3.92. The zero-order chi connectivity index (χ0) is 11.5. The van der Waals surface area contributed by atoms with Crippen molar-refractivity contribution in [3.05, 3.63) is 60.5 Å². The van der Waals surface area contributed by atoms with Gasteiger partial charge in [0.1, 0.15) is 0 Å². The van der Waals surface area contributed by atoms with Crippen LogP contribution in [0.1, 0.15) is 27.2 Å². The highest BCUT2D eigenvalue weighted by molar-refractivity contribution is 5.26. The number of allylic oxidation sites excluding steroid dienone is 7. The third-order valence-corrected chi connectivity index (χ3v) is 1.75. The van der Waals surface area contributed by atoms with E-state index in [1.807, 2.05) is 44.2 Å². The molecule has 0 aromatic heterocycles. The predicted octanol–water partition coefficient (Wildman–Crippen LogP) is 4.09. The van der Waals surface area contributed by atoms with Crippen LogP contribution in [0.3, 0.4) is 0 Å². The van der Waals surface area contributed by atoms with Crippen LogP contribution in [-0.4, -0.2) is 0 Å². The van der Waals surface area contributed by atoms with Crippen LogP contribution in [0.5, 0.6) is 0 Å². The number of hydrogen-bond donors (Lipinski definition) is 1. The Kier molecular flexibility index (Phi) is 8.16. The van der Waals surface area contributed by atoms with Gasteiger partial charge in [-0.3, -0.25) is 0 Å². The van der Waals surface area contributed by atoms with Gasteiger partial charge in [0.25, 0.3) is 0 Å². The first-order valence-corrected chi connectivity index (χ1v) is 5.32. The van der Waals surface area contributed by atoms with Gasteiger partial charge in [-0.2, -0.15) is 0 Å². The molecule has 15 heavy (non-hydrogen) atoms. The van der Waals surface area contributed by atoms with Crippen molar-refractivity contribution in [3.63, 3.8) is 0 Å². The van der Waals surface area contributed by atoms with Gasteiger partial charge in [0.2, 0.25) is 0 Å². The van der Waals surface area contributed by atoms with Gasteiger partial charge in [-0.15, -0.1) is 0 Å². The molecule has 0 fully saturated rings. The van der Waals surface area contributed by atoms with Crippen molar-refractivity contribution in [1.29, 1.82) is 0 Å². The van der Waals surface area contributed by atoms with Crippen LogP contribution in [0.25, 0.3) is 0 Å². The van der Waals surface area contributed by atoms with E-state index < -0.39 is 0 Å². The summed E-state index contributed by atoms with van der Waals surface area (Å²) in [5.41, 5.74) is 1.97. The molecule has 0 unspecified atom stereocenters. The zero-order valence-electron chi connectivity index (χ0n) is 9.96. The second kappa shape index (κ2) is 9.07. The van der Waals surface area contributed by atoms with Crippen LogP contribution < -0.4 is 5.32 Å². The molecule has 0 rings (SSSR count). The molecule has 0 heterocycles. The van der Waals surface area contributed by atoms with Crippen molar-refractivity contribution < 1.29 is 0 Å². The lowest BCUT2D eigenvalue weighted by atomic mass is 10.3. The van der Waals surface area contributed by atoms with E-state index in [0.717, 1.165) is 17.8 Å². The second-order valence-electron chi connectivity index (χ2n) is 3.09. The Morgan fingerprint density at radius 3 is 2.47 bits per heavy atom. The van der Waals surface area contributed by atoms with E-state index in [9.17, 15) is 0 Å². The van der Waals surface area contributed by atoms with Gasteiger partial charge in [-0.1, -0.05) is 43.9 Å². The molecule has 0 aliphatic rings. The van der Waals surface area contributed by atoms with Gasteiger partial charge < -0.3 is 5.32 Å². The molecule has 0 saturated heterocycles. The molecule has 0 aliphatic heterocycles. The standard InChI is InChI=1S/C14H21N/c1-5-8-10-11-13(4)15-14(7-3)12-9-6-2/h5,7-12,15H,4,6H2,1-3H3/b8-5-,11-10-,12-9-,14-7+. The molecule has 0 bridgehead atoms. The fraction of sp³-hybridized carbons (Fsp3) is 0.286. The summed E-state index contributed by atoms with van der Waals surface area (Å²) in [4.78, 5) is 0. The van der Waals surface area contributed by atoms with Crippen LogP contribution in [0.15, 0.2) is 60.5 Å². The minimum Gasteiger partial charge on any atom is -0.356 e. The van der Waals surface area contributed by atoms with Crippen LogP contribution in [0.2, 0.25) is 0 Å². The average Bonchev–Trinajstić information content (AvgIpc) is 2.24. The van der Waals surface area contributed by atoms with Crippen molar-refractivity contribution in [2.24, 2.45) is 0 Å². The Bertz CT molecular complexity index is 290. The van der Waals surface area contributed by atoms with Crippen molar-refractivity contribution >= 4 is 0 Å². The Hall–Kier alpha value is -1.50. The van der Waals surface area contributed by atoms with E-state index in [0.29, 0.717) is 0 Å². The van der Waals surface area contributed by atoms with E-state index in [2.05, 4.69) is 31.0 Å². The Morgan fingerprint density at radius 2 is 1.93 bits per heavy atom. The lowest BCUT2D eigenvalue weighted by Crippen LogP contribution is -2.08. The van der Waals surface area contributed by atoms with E-state index in [1.165, 1.54) is 0 Å². The van der Waals surface area contributed by atoms with E-state index in [1.54, 1.807) is 0 Å².